The highest BCUT2D eigenvalue weighted by Gasteiger charge is 2.36. The van der Waals surface area contributed by atoms with Gasteiger partial charge in [0.2, 0.25) is 0 Å². The first-order valence-electron chi connectivity index (χ1n) is 6.02. The first-order chi connectivity index (χ1) is 8.22. The van der Waals surface area contributed by atoms with Gasteiger partial charge in [-0.2, -0.15) is 0 Å². The molecule has 0 aromatic heterocycles. The lowest BCUT2D eigenvalue weighted by molar-refractivity contribution is 0.305. The molecule has 2 aliphatic heterocycles. The van der Waals surface area contributed by atoms with Crippen LogP contribution in [0, 0.1) is 17.7 Å². The normalized spacial score (nSPS) is 28.6. The zero-order chi connectivity index (χ0) is 11.8. The third-order valence-corrected chi connectivity index (χ3v) is 4.06. The van der Waals surface area contributed by atoms with Crippen LogP contribution in [0.15, 0.2) is 18.2 Å². The van der Waals surface area contributed by atoms with Gasteiger partial charge in [-0.05, 0) is 29.5 Å². The van der Waals surface area contributed by atoms with Crippen LogP contribution in [0.3, 0.4) is 0 Å². The second kappa shape index (κ2) is 4.56. The van der Waals surface area contributed by atoms with Crippen LogP contribution >= 0.6 is 11.6 Å². The third kappa shape index (κ3) is 2.32. The van der Waals surface area contributed by atoms with Gasteiger partial charge >= 0.3 is 0 Å². The number of nitrogens with zero attached hydrogens (tertiary/aromatic N) is 2. The van der Waals surface area contributed by atoms with Crippen LogP contribution in [-0.4, -0.2) is 31.1 Å². The topological polar surface area (TPSA) is 17.3 Å². The van der Waals surface area contributed by atoms with Gasteiger partial charge in [-0.25, -0.2) is 9.71 Å². The molecule has 0 aliphatic carbocycles. The first kappa shape index (κ1) is 11.5. The van der Waals surface area contributed by atoms with E-state index in [2.05, 4.69) is 10.2 Å². The molecular formula is C13H15ClFN2. The molecule has 3 rings (SSSR count). The number of benzene rings is 1. The Morgan fingerprint density at radius 2 is 2.00 bits per heavy atom. The summed E-state index contributed by atoms with van der Waals surface area (Å²) in [6.45, 7) is 5.13. The van der Waals surface area contributed by atoms with Gasteiger partial charge in [-0.3, -0.25) is 4.90 Å². The van der Waals surface area contributed by atoms with Gasteiger partial charge < -0.3 is 0 Å². The summed E-state index contributed by atoms with van der Waals surface area (Å²) in [5.41, 5.74) is 1.09. The zero-order valence-corrected chi connectivity index (χ0v) is 10.3. The molecule has 0 saturated carbocycles. The van der Waals surface area contributed by atoms with Crippen molar-refractivity contribution in [2.45, 2.75) is 6.54 Å². The van der Waals surface area contributed by atoms with Crippen LogP contribution in [-0.2, 0) is 6.54 Å². The molecule has 1 radical (unpaired) electrons. The molecule has 2 nitrogen and oxygen atoms in total. The highest BCUT2D eigenvalue weighted by molar-refractivity contribution is 6.30. The molecule has 4 heteroatoms. The smallest absolute Gasteiger partial charge is 0.141 e. The third-order valence-electron chi connectivity index (χ3n) is 3.77. The summed E-state index contributed by atoms with van der Waals surface area (Å²) in [5, 5.41) is 4.66. The van der Waals surface area contributed by atoms with E-state index >= 15 is 0 Å². The number of rotatable bonds is 2. The fraction of sp³-hybridized carbons (Fsp3) is 0.538. The van der Waals surface area contributed by atoms with Crippen LogP contribution in [0.4, 0.5) is 4.39 Å². The van der Waals surface area contributed by atoms with E-state index in [0.29, 0.717) is 0 Å². The lowest BCUT2D eigenvalue weighted by Crippen LogP contribution is -2.23. The first-order valence-corrected chi connectivity index (χ1v) is 6.39. The standard InChI is InChI=1S/C13H15ClFN2/c14-12-3-9(1-2-13(12)15)6-17-7-10-4-16-5-11(10)8-17/h1-3,10-11H,4-8H2. The Morgan fingerprint density at radius 1 is 1.29 bits per heavy atom. The highest BCUT2D eigenvalue weighted by atomic mass is 35.5. The molecule has 2 heterocycles. The lowest BCUT2D eigenvalue weighted by Gasteiger charge is -2.16. The van der Waals surface area contributed by atoms with Crippen molar-refractivity contribution in [3.63, 3.8) is 0 Å². The number of hydrogen-bond acceptors (Lipinski definition) is 1. The van der Waals surface area contributed by atoms with E-state index < -0.39 is 0 Å². The Kier molecular flexibility index (Phi) is 3.07. The van der Waals surface area contributed by atoms with Gasteiger partial charge in [0.25, 0.3) is 0 Å². The van der Waals surface area contributed by atoms with E-state index in [-0.39, 0.29) is 10.8 Å². The van der Waals surface area contributed by atoms with Crippen LogP contribution < -0.4 is 5.32 Å². The molecule has 0 amide bonds. The number of halogens is 2. The predicted molar refractivity (Wildman–Crippen MR) is 65.5 cm³/mol. The van der Waals surface area contributed by atoms with E-state index in [1.165, 1.54) is 6.07 Å². The molecule has 1 aromatic carbocycles. The second-order valence-corrected chi connectivity index (χ2v) is 5.46. The van der Waals surface area contributed by atoms with Gasteiger partial charge in [0.15, 0.2) is 0 Å². The van der Waals surface area contributed by atoms with E-state index in [1.807, 2.05) is 6.07 Å². The molecule has 1 aromatic rings. The number of likely N-dealkylation sites (tertiary alicyclic amines) is 1. The van der Waals surface area contributed by atoms with Crippen molar-refractivity contribution in [3.05, 3.63) is 34.6 Å². The fourth-order valence-electron chi connectivity index (χ4n) is 2.88. The van der Waals surface area contributed by atoms with Crippen LogP contribution in [0.25, 0.3) is 0 Å². The summed E-state index contributed by atoms with van der Waals surface area (Å²) < 4.78 is 13.0. The minimum Gasteiger partial charge on any atom is -0.298 e. The predicted octanol–water partition coefficient (Wildman–Crippen LogP) is 2.15. The Morgan fingerprint density at radius 3 is 2.65 bits per heavy atom. The van der Waals surface area contributed by atoms with Gasteiger partial charge in [-0.15, -0.1) is 0 Å². The Balaban J connectivity index is 1.65. The average molecular weight is 254 g/mol. The summed E-state index contributed by atoms with van der Waals surface area (Å²) in [7, 11) is 0. The average Bonchev–Trinajstić information content (AvgIpc) is 2.84. The van der Waals surface area contributed by atoms with E-state index in [9.17, 15) is 4.39 Å². The van der Waals surface area contributed by atoms with Crippen molar-refractivity contribution < 1.29 is 4.39 Å². The largest absolute Gasteiger partial charge is 0.298 e. The minimum absolute atomic E-state index is 0.219. The van der Waals surface area contributed by atoms with Crippen LogP contribution in [0.1, 0.15) is 5.56 Å². The minimum atomic E-state index is -0.340. The zero-order valence-electron chi connectivity index (χ0n) is 9.57. The van der Waals surface area contributed by atoms with E-state index in [1.54, 1.807) is 6.07 Å². The number of fused-ring (bicyclic) bond motifs is 1. The van der Waals surface area contributed by atoms with Crippen molar-refractivity contribution in [1.82, 2.24) is 10.2 Å². The molecule has 2 fully saturated rings. The molecule has 0 N–H and O–H groups in total. The second-order valence-electron chi connectivity index (χ2n) is 5.05. The van der Waals surface area contributed by atoms with E-state index in [0.717, 1.165) is 50.1 Å². The molecule has 2 aliphatic rings. The molecule has 2 saturated heterocycles. The van der Waals surface area contributed by atoms with Crippen molar-refractivity contribution in [3.8, 4) is 0 Å². The van der Waals surface area contributed by atoms with Crippen molar-refractivity contribution >= 4 is 11.6 Å². The Labute approximate surface area is 106 Å². The van der Waals surface area contributed by atoms with Crippen LogP contribution in [0.2, 0.25) is 5.02 Å². The summed E-state index contributed by atoms with van der Waals surface area (Å²) in [5.74, 6) is 1.14. The van der Waals surface area contributed by atoms with Crippen LogP contribution in [0.5, 0.6) is 0 Å². The van der Waals surface area contributed by atoms with Gasteiger partial charge in [0, 0.05) is 32.7 Å². The van der Waals surface area contributed by atoms with Gasteiger partial charge in [0.1, 0.15) is 5.82 Å². The van der Waals surface area contributed by atoms with Gasteiger partial charge in [0.05, 0.1) is 5.02 Å². The fourth-order valence-corrected chi connectivity index (χ4v) is 3.08. The highest BCUT2D eigenvalue weighted by Crippen LogP contribution is 2.28. The monoisotopic (exact) mass is 253 g/mol. The maximum atomic E-state index is 13.0. The molecule has 91 valence electrons. The van der Waals surface area contributed by atoms with Crippen molar-refractivity contribution in [2.24, 2.45) is 11.8 Å². The molecular weight excluding hydrogens is 239 g/mol. The van der Waals surface area contributed by atoms with E-state index in [4.69, 9.17) is 11.6 Å². The quantitative estimate of drug-likeness (QED) is 0.790. The molecule has 0 spiro atoms. The Bertz CT molecular complexity index is 412. The summed E-state index contributed by atoms with van der Waals surface area (Å²) in [6.07, 6.45) is 0. The molecule has 0 bridgehead atoms. The lowest BCUT2D eigenvalue weighted by atomic mass is 10.0. The Hall–Kier alpha value is -0.640. The number of hydrogen-bond donors (Lipinski definition) is 0. The summed E-state index contributed by atoms with van der Waals surface area (Å²) in [4.78, 5) is 2.42. The molecule has 17 heavy (non-hydrogen) atoms. The van der Waals surface area contributed by atoms with Crippen molar-refractivity contribution in [1.29, 1.82) is 0 Å². The van der Waals surface area contributed by atoms with Gasteiger partial charge in [-0.1, -0.05) is 17.7 Å². The van der Waals surface area contributed by atoms with Crippen molar-refractivity contribution in [2.75, 3.05) is 26.2 Å². The maximum Gasteiger partial charge on any atom is 0.141 e. The summed E-state index contributed by atoms with van der Waals surface area (Å²) >= 11 is 5.79. The molecule has 2 atom stereocenters. The maximum absolute atomic E-state index is 13.0. The molecule has 2 unspecified atom stereocenters. The summed E-state index contributed by atoms with van der Waals surface area (Å²) in [6, 6.07) is 5.00. The SMILES string of the molecule is Fc1ccc(CN2CC3C[N]CC3C2)cc1Cl.